The zero-order valence-electron chi connectivity index (χ0n) is 14.9. The highest BCUT2D eigenvalue weighted by Gasteiger charge is 2.32. The summed E-state index contributed by atoms with van der Waals surface area (Å²) in [7, 11) is 1.54. The van der Waals surface area contributed by atoms with Gasteiger partial charge in [0.1, 0.15) is 11.4 Å². The Labute approximate surface area is 156 Å². The predicted octanol–water partition coefficient (Wildman–Crippen LogP) is 2.13. The first-order valence-corrected chi connectivity index (χ1v) is 8.83. The zero-order valence-corrected chi connectivity index (χ0v) is 14.9. The van der Waals surface area contributed by atoms with Crippen molar-refractivity contribution in [1.82, 2.24) is 14.7 Å². The van der Waals surface area contributed by atoms with Gasteiger partial charge in [-0.1, -0.05) is 18.2 Å². The van der Waals surface area contributed by atoms with E-state index in [1.807, 2.05) is 47.1 Å². The van der Waals surface area contributed by atoms with Gasteiger partial charge in [0, 0.05) is 31.8 Å². The van der Waals surface area contributed by atoms with E-state index in [-0.39, 0.29) is 18.2 Å². The van der Waals surface area contributed by atoms with Crippen LogP contribution in [0.25, 0.3) is 5.65 Å². The summed E-state index contributed by atoms with van der Waals surface area (Å²) in [4.78, 5) is 29.3. The minimum Gasteiger partial charge on any atom is -0.495 e. The SMILES string of the molecule is COc1cccc2c1NC(=O)C[C@H]2C(=O)NCCc1cn2ccccc2n1. The van der Waals surface area contributed by atoms with Crippen LogP contribution >= 0.6 is 0 Å². The van der Waals surface area contributed by atoms with Crippen molar-refractivity contribution in [1.29, 1.82) is 0 Å². The van der Waals surface area contributed by atoms with Gasteiger partial charge in [-0.15, -0.1) is 0 Å². The maximum Gasteiger partial charge on any atom is 0.228 e. The molecule has 0 saturated heterocycles. The van der Waals surface area contributed by atoms with Crippen molar-refractivity contribution in [2.75, 3.05) is 19.0 Å². The zero-order chi connectivity index (χ0) is 18.8. The van der Waals surface area contributed by atoms with Crippen LogP contribution in [-0.4, -0.2) is 34.9 Å². The number of carbonyl (C=O) groups is 2. The third-order valence-electron chi connectivity index (χ3n) is 4.72. The lowest BCUT2D eigenvalue weighted by atomic mass is 9.89. The van der Waals surface area contributed by atoms with Crippen LogP contribution in [0.4, 0.5) is 5.69 Å². The Morgan fingerprint density at radius 3 is 3.04 bits per heavy atom. The molecule has 1 aromatic carbocycles. The summed E-state index contributed by atoms with van der Waals surface area (Å²) in [6.07, 6.45) is 4.64. The number of anilines is 1. The molecule has 2 amide bonds. The van der Waals surface area contributed by atoms with Crippen LogP contribution in [0.2, 0.25) is 0 Å². The van der Waals surface area contributed by atoms with Gasteiger partial charge in [-0.05, 0) is 23.8 Å². The lowest BCUT2D eigenvalue weighted by Gasteiger charge is -2.26. The van der Waals surface area contributed by atoms with E-state index >= 15 is 0 Å². The molecular formula is C20H20N4O3. The van der Waals surface area contributed by atoms with Crippen LogP contribution in [-0.2, 0) is 16.0 Å². The monoisotopic (exact) mass is 364 g/mol. The highest BCUT2D eigenvalue weighted by molar-refractivity contribution is 6.02. The molecule has 0 saturated carbocycles. The van der Waals surface area contributed by atoms with Gasteiger partial charge in [-0.2, -0.15) is 0 Å². The molecule has 1 atom stereocenters. The van der Waals surface area contributed by atoms with Gasteiger partial charge < -0.3 is 19.8 Å². The number of methoxy groups -OCH3 is 1. The molecule has 3 aromatic rings. The lowest BCUT2D eigenvalue weighted by molar-refractivity contribution is -0.126. The fourth-order valence-electron chi connectivity index (χ4n) is 3.41. The lowest BCUT2D eigenvalue weighted by Crippen LogP contribution is -2.36. The van der Waals surface area contributed by atoms with Crippen molar-refractivity contribution in [3.05, 3.63) is 60.0 Å². The standard InChI is InChI=1S/C20H20N4O3/c1-27-16-6-4-5-14-15(11-18(25)23-19(14)16)20(26)21-9-8-13-12-24-10-3-2-7-17(24)22-13/h2-7,10,12,15H,8-9,11H2,1H3,(H,21,26)(H,23,25)/t15-/m1/s1. The summed E-state index contributed by atoms with van der Waals surface area (Å²) < 4.78 is 7.25. The van der Waals surface area contributed by atoms with Crippen LogP contribution in [0.15, 0.2) is 48.8 Å². The molecule has 27 heavy (non-hydrogen) atoms. The van der Waals surface area contributed by atoms with Crippen LogP contribution in [0.1, 0.15) is 23.6 Å². The van der Waals surface area contributed by atoms with Gasteiger partial charge in [0.2, 0.25) is 11.8 Å². The molecule has 0 bridgehead atoms. The first kappa shape index (κ1) is 17.1. The van der Waals surface area contributed by atoms with E-state index in [1.165, 1.54) is 0 Å². The number of fused-ring (bicyclic) bond motifs is 2. The maximum atomic E-state index is 12.7. The molecule has 0 fully saturated rings. The van der Waals surface area contributed by atoms with Gasteiger partial charge in [0.15, 0.2) is 0 Å². The number of para-hydroxylation sites is 1. The van der Waals surface area contributed by atoms with Crippen LogP contribution in [0.3, 0.4) is 0 Å². The summed E-state index contributed by atoms with van der Waals surface area (Å²) in [6.45, 7) is 0.458. The Hall–Kier alpha value is -3.35. The molecule has 138 valence electrons. The topological polar surface area (TPSA) is 84.7 Å². The van der Waals surface area contributed by atoms with E-state index < -0.39 is 5.92 Å². The number of nitrogens with zero attached hydrogens (tertiary/aromatic N) is 2. The summed E-state index contributed by atoms with van der Waals surface area (Å²) in [6, 6.07) is 11.3. The number of benzene rings is 1. The first-order chi connectivity index (χ1) is 13.2. The average molecular weight is 364 g/mol. The van der Waals surface area contributed by atoms with Gasteiger partial charge in [-0.25, -0.2) is 4.98 Å². The summed E-state index contributed by atoms with van der Waals surface area (Å²) >= 11 is 0. The molecule has 2 aromatic heterocycles. The largest absolute Gasteiger partial charge is 0.495 e. The van der Waals surface area contributed by atoms with Crippen molar-refractivity contribution in [2.45, 2.75) is 18.8 Å². The first-order valence-electron chi connectivity index (χ1n) is 8.83. The number of aromatic nitrogens is 2. The second kappa shape index (κ2) is 7.11. The number of imidazole rings is 1. The molecule has 2 N–H and O–H groups in total. The van der Waals surface area contributed by atoms with E-state index in [0.717, 1.165) is 16.9 Å². The Balaban J connectivity index is 1.45. The number of pyridine rings is 1. The highest BCUT2D eigenvalue weighted by Crippen LogP contribution is 2.38. The van der Waals surface area contributed by atoms with Crippen LogP contribution in [0.5, 0.6) is 5.75 Å². The number of carbonyl (C=O) groups excluding carboxylic acids is 2. The number of hydrogen-bond acceptors (Lipinski definition) is 4. The summed E-state index contributed by atoms with van der Waals surface area (Å²) in [5.74, 6) is -0.316. The van der Waals surface area contributed by atoms with Crippen molar-refractivity contribution < 1.29 is 14.3 Å². The van der Waals surface area contributed by atoms with Crippen molar-refractivity contribution in [2.24, 2.45) is 0 Å². The molecule has 7 nitrogen and oxygen atoms in total. The molecular weight excluding hydrogens is 344 g/mol. The van der Waals surface area contributed by atoms with Gasteiger partial charge in [-0.3, -0.25) is 9.59 Å². The molecule has 7 heteroatoms. The quantitative estimate of drug-likeness (QED) is 0.726. The molecule has 0 unspecified atom stereocenters. The Morgan fingerprint density at radius 1 is 1.33 bits per heavy atom. The third-order valence-corrected chi connectivity index (χ3v) is 4.72. The maximum absolute atomic E-state index is 12.7. The third kappa shape index (κ3) is 3.36. The van der Waals surface area contributed by atoms with Gasteiger partial charge in [0.25, 0.3) is 0 Å². The van der Waals surface area contributed by atoms with E-state index in [9.17, 15) is 9.59 Å². The van der Waals surface area contributed by atoms with Crippen molar-refractivity contribution in [3.8, 4) is 5.75 Å². The smallest absolute Gasteiger partial charge is 0.228 e. The number of amides is 2. The molecule has 0 spiro atoms. The second-order valence-electron chi connectivity index (χ2n) is 6.47. The Morgan fingerprint density at radius 2 is 2.22 bits per heavy atom. The summed E-state index contributed by atoms with van der Waals surface area (Å²) in [5, 5.41) is 5.74. The Kier molecular flexibility index (Phi) is 4.50. The van der Waals surface area contributed by atoms with Crippen molar-refractivity contribution in [3.63, 3.8) is 0 Å². The average Bonchev–Trinajstić information content (AvgIpc) is 3.09. The number of rotatable bonds is 5. The van der Waals surface area contributed by atoms with Crippen LogP contribution < -0.4 is 15.4 Å². The molecule has 1 aliphatic rings. The van der Waals surface area contributed by atoms with Crippen LogP contribution in [0, 0.1) is 0 Å². The fourth-order valence-corrected chi connectivity index (χ4v) is 3.41. The minimum absolute atomic E-state index is 0.125. The predicted molar refractivity (Wildman–Crippen MR) is 101 cm³/mol. The van der Waals surface area contributed by atoms with E-state index in [1.54, 1.807) is 13.2 Å². The molecule has 0 radical (unpaired) electrons. The molecule has 0 aliphatic carbocycles. The number of ether oxygens (including phenoxy) is 1. The highest BCUT2D eigenvalue weighted by atomic mass is 16.5. The normalized spacial score (nSPS) is 15.9. The summed E-state index contributed by atoms with van der Waals surface area (Å²) in [5.41, 5.74) is 3.14. The van der Waals surface area contributed by atoms with E-state index in [0.29, 0.717) is 24.4 Å². The molecule has 1 aliphatic heterocycles. The van der Waals surface area contributed by atoms with E-state index in [4.69, 9.17) is 4.74 Å². The van der Waals surface area contributed by atoms with Gasteiger partial charge in [0.05, 0.1) is 24.4 Å². The number of hydrogen-bond donors (Lipinski definition) is 2. The Bertz CT molecular complexity index is 978. The van der Waals surface area contributed by atoms with Gasteiger partial charge >= 0.3 is 0 Å². The number of nitrogens with one attached hydrogen (secondary N) is 2. The molecule has 4 rings (SSSR count). The second-order valence-corrected chi connectivity index (χ2v) is 6.47. The fraction of sp³-hybridized carbons (Fsp3) is 0.250. The van der Waals surface area contributed by atoms with Crippen molar-refractivity contribution >= 4 is 23.1 Å². The molecule has 3 heterocycles. The minimum atomic E-state index is -0.523. The van der Waals surface area contributed by atoms with E-state index in [2.05, 4.69) is 15.6 Å².